The Kier molecular flexibility index (Phi) is 18.2. The van der Waals surface area contributed by atoms with Crippen molar-refractivity contribution in [2.24, 2.45) is 27.9 Å². The number of thiol groups is 1. The van der Waals surface area contributed by atoms with Crippen LogP contribution in [0.15, 0.2) is 4.99 Å². The topological polar surface area (TPSA) is 311 Å². The largest absolute Gasteiger partial charge is 0.480 e. The molecule has 0 unspecified atom stereocenters. The highest BCUT2D eigenvalue weighted by molar-refractivity contribution is 7.80. The number of carboxylic acid groups (broad SMARTS) is 1. The second-order valence-corrected chi connectivity index (χ2v) is 9.31. The third-order valence-electron chi connectivity index (χ3n) is 5.59. The van der Waals surface area contributed by atoms with E-state index in [0.717, 1.165) is 0 Å². The van der Waals surface area contributed by atoms with Gasteiger partial charge in [0.15, 0.2) is 5.96 Å². The number of aliphatic imine (C=N–C) groups is 1. The third-order valence-corrected chi connectivity index (χ3v) is 5.96. The van der Waals surface area contributed by atoms with Crippen LogP contribution in [0.5, 0.6) is 0 Å². The summed E-state index contributed by atoms with van der Waals surface area (Å²) in [6.07, 6.45) is 0.159. The summed E-state index contributed by atoms with van der Waals surface area (Å²) in [4.78, 5) is 65.9. The molecule has 0 aromatic heterocycles. The molecule has 40 heavy (non-hydrogen) atoms. The van der Waals surface area contributed by atoms with E-state index in [1.54, 1.807) is 0 Å². The number of hydrogen-bond donors (Lipinski definition) is 12. The van der Waals surface area contributed by atoms with Gasteiger partial charge in [-0.2, -0.15) is 12.6 Å². The van der Waals surface area contributed by atoms with Crippen molar-refractivity contribution < 1.29 is 39.3 Å². The molecule has 0 aliphatic rings. The molecule has 0 heterocycles. The second-order valence-electron chi connectivity index (χ2n) is 8.95. The lowest BCUT2D eigenvalue weighted by atomic mass is 10.1. The summed E-state index contributed by atoms with van der Waals surface area (Å²) < 4.78 is 0. The molecule has 15 N–H and O–H groups in total. The van der Waals surface area contributed by atoms with Crippen LogP contribution >= 0.6 is 12.6 Å². The highest BCUT2D eigenvalue weighted by Crippen LogP contribution is 2.04. The van der Waals surface area contributed by atoms with Crippen LogP contribution in [-0.4, -0.2) is 113 Å². The predicted molar refractivity (Wildman–Crippen MR) is 149 cm³/mol. The first kappa shape index (κ1) is 36.8. The molecule has 0 aliphatic carbocycles. The van der Waals surface area contributed by atoms with Crippen molar-refractivity contribution in [1.82, 2.24) is 21.3 Å². The molecular formula is C22H43N9O8S. The number of carbonyl (C=O) groups excluding carboxylic acids is 4. The fraction of sp³-hybridized carbons (Fsp3) is 0.727. The van der Waals surface area contributed by atoms with Crippen LogP contribution < -0.4 is 44.2 Å². The Morgan fingerprint density at radius 2 is 1.32 bits per heavy atom. The average Bonchev–Trinajstić information content (AvgIpc) is 2.89. The zero-order valence-corrected chi connectivity index (χ0v) is 23.3. The summed E-state index contributed by atoms with van der Waals surface area (Å²) in [7, 11) is 0. The zero-order chi connectivity index (χ0) is 30.8. The molecule has 0 fully saturated rings. The van der Waals surface area contributed by atoms with Crippen LogP contribution in [0.25, 0.3) is 0 Å². The number of nitrogens with zero attached hydrogens (tertiary/aromatic N) is 1. The van der Waals surface area contributed by atoms with E-state index < -0.39 is 72.5 Å². The van der Waals surface area contributed by atoms with Crippen molar-refractivity contribution in [3.05, 3.63) is 0 Å². The number of carbonyl (C=O) groups is 5. The maximum atomic E-state index is 12.9. The van der Waals surface area contributed by atoms with Crippen LogP contribution in [0, 0.1) is 0 Å². The Bertz CT molecular complexity index is 873. The molecule has 17 nitrogen and oxygen atoms in total. The van der Waals surface area contributed by atoms with Crippen molar-refractivity contribution in [3.63, 3.8) is 0 Å². The lowest BCUT2D eigenvalue weighted by Gasteiger charge is -2.25. The van der Waals surface area contributed by atoms with E-state index in [1.165, 1.54) is 6.92 Å². The molecule has 230 valence electrons. The van der Waals surface area contributed by atoms with Crippen LogP contribution in [-0.2, 0) is 24.0 Å². The first-order valence-corrected chi connectivity index (χ1v) is 13.3. The molecule has 0 saturated carbocycles. The Morgan fingerprint density at radius 3 is 1.82 bits per heavy atom. The first-order valence-electron chi connectivity index (χ1n) is 12.6. The zero-order valence-electron chi connectivity index (χ0n) is 22.4. The minimum Gasteiger partial charge on any atom is -0.480 e. The van der Waals surface area contributed by atoms with Crippen molar-refractivity contribution in [1.29, 1.82) is 0 Å². The highest BCUT2D eigenvalue weighted by Gasteiger charge is 2.31. The monoisotopic (exact) mass is 593 g/mol. The second kappa shape index (κ2) is 19.8. The molecule has 0 aromatic carbocycles. The lowest BCUT2D eigenvalue weighted by Crippen LogP contribution is -2.60. The first-order chi connectivity index (χ1) is 18.8. The molecule has 0 aliphatic heterocycles. The van der Waals surface area contributed by atoms with Gasteiger partial charge in [0.1, 0.15) is 30.2 Å². The summed E-state index contributed by atoms with van der Waals surface area (Å²) in [5.41, 5.74) is 21.5. The summed E-state index contributed by atoms with van der Waals surface area (Å²) >= 11 is 4.02. The molecule has 6 atom stereocenters. The Labute approximate surface area is 237 Å². The molecule has 18 heteroatoms. The Hall–Kier alpha value is -3.19. The van der Waals surface area contributed by atoms with Crippen LogP contribution in [0.3, 0.4) is 0 Å². The van der Waals surface area contributed by atoms with E-state index in [-0.39, 0.29) is 37.5 Å². The summed E-state index contributed by atoms with van der Waals surface area (Å²) in [5, 5.41) is 38.0. The lowest BCUT2D eigenvalue weighted by molar-refractivity contribution is -0.142. The van der Waals surface area contributed by atoms with Gasteiger partial charge in [0.2, 0.25) is 23.6 Å². The van der Waals surface area contributed by atoms with Gasteiger partial charge >= 0.3 is 5.97 Å². The predicted octanol–water partition coefficient (Wildman–Crippen LogP) is -5.18. The SMILES string of the molecule is C[C@@H](O)[C@H](N)C(=O)N[C@@H](CCCCN)C(=O)N[C@@H](CO)C(=O)N[C@@H](CS)C(=O)N[C@@H](CCCN=C(N)N)C(=O)O. The number of aliphatic hydroxyl groups excluding tert-OH is 2. The number of aliphatic carboxylic acids is 1. The fourth-order valence-electron chi connectivity index (χ4n) is 3.21. The number of nitrogens with two attached hydrogens (primary N) is 4. The smallest absolute Gasteiger partial charge is 0.326 e. The summed E-state index contributed by atoms with van der Waals surface area (Å²) in [6, 6.07) is -6.62. The number of guanidine groups is 1. The standard InChI is InChI=1S/C22H43N9O8S/c1-11(33)16(24)20(37)28-12(5-2-3-7-23)17(34)30-14(9-32)18(35)31-15(10-40)19(36)29-13(21(38)39)6-4-8-27-22(25)26/h11-16,32-33,40H,2-10,23-24H2,1H3,(H,28,37)(H,29,36)(H,30,34)(H,31,35)(H,38,39)(H4,25,26,27)/t11-,12+,13+,14+,15+,16+/m1/s1. The third kappa shape index (κ3) is 14.3. The molecule has 0 spiro atoms. The molecule has 0 saturated heterocycles. The van der Waals surface area contributed by atoms with Gasteiger partial charge in [-0.3, -0.25) is 24.2 Å². The van der Waals surface area contributed by atoms with Gasteiger partial charge in [-0.25, -0.2) is 4.79 Å². The van der Waals surface area contributed by atoms with Gasteiger partial charge in [-0.1, -0.05) is 0 Å². The quantitative estimate of drug-likeness (QED) is 0.0273. The van der Waals surface area contributed by atoms with E-state index in [0.29, 0.717) is 19.4 Å². The Morgan fingerprint density at radius 1 is 0.825 bits per heavy atom. The van der Waals surface area contributed by atoms with Gasteiger partial charge in [0, 0.05) is 12.3 Å². The molecule has 0 aromatic rings. The molecule has 0 radical (unpaired) electrons. The molecule has 4 amide bonds. The maximum absolute atomic E-state index is 12.9. The van der Waals surface area contributed by atoms with Crippen molar-refractivity contribution in [2.45, 2.75) is 75.3 Å². The van der Waals surface area contributed by atoms with Crippen molar-refractivity contribution in [3.8, 4) is 0 Å². The van der Waals surface area contributed by atoms with E-state index in [4.69, 9.17) is 22.9 Å². The maximum Gasteiger partial charge on any atom is 0.326 e. The summed E-state index contributed by atoms with van der Waals surface area (Å²) in [6.45, 7) is 0.922. The fourth-order valence-corrected chi connectivity index (χ4v) is 3.47. The van der Waals surface area contributed by atoms with Crippen molar-refractivity contribution in [2.75, 3.05) is 25.4 Å². The van der Waals surface area contributed by atoms with Gasteiger partial charge in [-0.15, -0.1) is 0 Å². The van der Waals surface area contributed by atoms with Gasteiger partial charge in [0.25, 0.3) is 0 Å². The van der Waals surface area contributed by atoms with Gasteiger partial charge in [0.05, 0.1) is 12.7 Å². The van der Waals surface area contributed by atoms with E-state index in [9.17, 15) is 39.3 Å². The van der Waals surface area contributed by atoms with Gasteiger partial charge in [-0.05, 0) is 45.6 Å². The number of nitrogens with one attached hydrogen (secondary N) is 4. The van der Waals surface area contributed by atoms with Gasteiger partial charge < -0.3 is 59.5 Å². The van der Waals surface area contributed by atoms with Crippen LogP contribution in [0.2, 0.25) is 0 Å². The highest BCUT2D eigenvalue weighted by atomic mass is 32.1. The van der Waals surface area contributed by atoms with E-state index >= 15 is 0 Å². The van der Waals surface area contributed by atoms with E-state index in [1.807, 2.05) is 0 Å². The van der Waals surface area contributed by atoms with E-state index in [2.05, 4.69) is 38.9 Å². The molecular weight excluding hydrogens is 550 g/mol. The van der Waals surface area contributed by atoms with Crippen molar-refractivity contribution >= 4 is 48.2 Å². The number of aliphatic hydroxyl groups is 2. The minimum absolute atomic E-state index is 0.00358. The number of carboxylic acids is 1. The average molecular weight is 594 g/mol. The molecule has 0 rings (SSSR count). The minimum atomic E-state index is -1.53. The molecule has 0 bridgehead atoms. The van der Waals surface area contributed by atoms with Crippen LogP contribution in [0.1, 0.15) is 39.0 Å². The summed E-state index contributed by atoms with van der Waals surface area (Å²) in [5.74, 6) is -5.16. The number of amides is 4. The normalized spacial score (nSPS) is 15.3. The Balaban J connectivity index is 5.34. The number of hydrogen-bond acceptors (Lipinski definition) is 11. The number of unbranched alkanes of at least 4 members (excludes halogenated alkanes) is 1. The number of rotatable bonds is 20. The van der Waals surface area contributed by atoms with Crippen LogP contribution in [0.4, 0.5) is 0 Å².